The highest BCUT2D eigenvalue weighted by atomic mass is 31.0. The summed E-state index contributed by atoms with van der Waals surface area (Å²) in [7, 11) is 7.64. The van der Waals surface area contributed by atoms with Crippen LogP contribution >= 0.6 is 9.90 Å². The number of amides is 8. The molecule has 11 atom stereocenters. The Labute approximate surface area is 490 Å². The minimum atomic E-state index is -0.975. The number of nitrogens with two attached hydrogens (primary N) is 1. The molecule has 2 aliphatic carbocycles. The number of rotatable bonds is 21. The lowest BCUT2D eigenvalue weighted by Crippen LogP contribution is -2.59. The number of piperazine rings is 1. The Morgan fingerprint density at radius 3 is 1.65 bits per heavy atom. The largest absolute Gasteiger partial charge is 0.356 e. The van der Waals surface area contributed by atoms with Crippen molar-refractivity contribution in [2.75, 3.05) is 74.0 Å². The normalized spacial score (nSPS) is 23.1. The summed E-state index contributed by atoms with van der Waals surface area (Å²) in [5.74, 6) is -2.80. The molecule has 22 heteroatoms. The Morgan fingerprint density at radius 2 is 1.12 bits per heavy atom. The van der Waals surface area contributed by atoms with Gasteiger partial charge in [-0.25, -0.2) is 0 Å². The number of likely N-dealkylation sites (N-methyl/N-ethyl adjacent to an activating group) is 4. The van der Waals surface area contributed by atoms with E-state index in [1.807, 2.05) is 57.2 Å². The van der Waals surface area contributed by atoms with Crippen molar-refractivity contribution in [3.05, 3.63) is 70.8 Å². The fraction of sp³-hybridized carbons (Fsp3) is 0.667. The van der Waals surface area contributed by atoms with E-state index in [1.54, 1.807) is 27.9 Å². The number of nitrogens with zero attached hydrogens (tertiary/aromatic N) is 4. The molecule has 0 bridgehead atoms. The smallest absolute Gasteiger partial charge is 0.246 e. The summed E-state index contributed by atoms with van der Waals surface area (Å²) in [6.45, 7) is 14.3. The maximum Gasteiger partial charge on any atom is 0.246 e. The van der Waals surface area contributed by atoms with Crippen LogP contribution in [0.3, 0.4) is 0 Å². The molecule has 3 aliphatic heterocycles. The van der Waals surface area contributed by atoms with Gasteiger partial charge in [-0.2, -0.15) is 9.90 Å². The molecule has 82 heavy (non-hydrogen) atoms. The summed E-state index contributed by atoms with van der Waals surface area (Å²) in [4.78, 5) is 117. The minimum Gasteiger partial charge on any atom is -0.356 e. The summed E-state index contributed by atoms with van der Waals surface area (Å²) in [5, 5.41) is 23.8. The molecule has 10 N–H and O–H groups in total. The van der Waals surface area contributed by atoms with Gasteiger partial charge in [-0.3, -0.25) is 38.4 Å². The lowest BCUT2D eigenvalue weighted by Gasteiger charge is -2.36. The average molecular weight is 1160 g/mol. The second kappa shape index (κ2) is 31.9. The first-order chi connectivity index (χ1) is 38.6. The average Bonchev–Trinajstić information content (AvgIpc) is 4.07. The summed E-state index contributed by atoms with van der Waals surface area (Å²) < 4.78 is 0. The Bertz CT molecular complexity index is 2480. The first-order valence-corrected chi connectivity index (χ1v) is 29.6. The van der Waals surface area contributed by atoms with Crippen molar-refractivity contribution in [3.8, 4) is 0 Å². The summed E-state index contributed by atoms with van der Waals surface area (Å²) in [6.07, 6.45) is 6.50. The standard InChI is InChI=1S/C54H81N11O8.C6H14N2.H3P/c1-32(56-6)48(68)62-42(52(72)64-30-36(55)28-43(64)50(70)60-40-22-12-18-34-16-8-10-20-38(34)40)24-15-27-58-45(66)25-14-26-46(67)59-37-29-44(51(71)61-41-23-13-19-35-17-9-11-21-39(35)41)65(31-37)53(73)47(54(3,4)5)63-49(69)33(2)57-7;1-7-3-5-8(2)6-4-7;/h8-11,16-17,20-21,32-33,36-37,40-44,47,56-57H,12-15,18-19,22-31,55H2,1-7H3,(H,58,66)(H,59,67)(H,60,70)(H,61,71)(H,62,68)(H,63,69);3-6H2,1-2H3;1H3/t32-,33-,36-,37-,40+,41+,42-,43-,44-,47+;;/m0../s1. The van der Waals surface area contributed by atoms with E-state index >= 15 is 0 Å². The highest BCUT2D eigenvalue weighted by Crippen LogP contribution is 2.33. The van der Waals surface area contributed by atoms with Gasteiger partial charge in [0.2, 0.25) is 47.3 Å². The number of carbonyl (C=O) groups excluding carboxylic acids is 8. The molecule has 7 rings (SSSR count). The predicted octanol–water partition coefficient (Wildman–Crippen LogP) is 1.61. The Kier molecular flexibility index (Phi) is 26.2. The van der Waals surface area contributed by atoms with Gasteiger partial charge in [-0.1, -0.05) is 69.3 Å². The maximum absolute atomic E-state index is 14.5. The van der Waals surface area contributed by atoms with E-state index in [-0.39, 0.29) is 116 Å². The number of nitrogens with one attached hydrogen (secondary N) is 8. The number of likely N-dealkylation sites (tertiary alicyclic amines) is 2. The second-order valence-electron chi connectivity index (χ2n) is 24.2. The van der Waals surface area contributed by atoms with Gasteiger partial charge in [0.25, 0.3) is 0 Å². The molecular weight excluding hydrogens is 1060 g/mol. The van der Waals surface area contributed by atoms with Crippen LogP contribution in [0, 0.1) is 5.41 Å². The minimum absolute atomic E-state index is 0. The molecule has 0 spiro atoms. The maximum atomic E-state index is 14.5. The van der Waals surface area contributed by atoms with Crippen molar-refractivity contribution in [1.29, 1.82) is 0 Å². The molecule has 456 valence electrons. The third-order valence-corrected chi connectivity index (χ3v) is 16.7. The Hall–Kier alpha value is -5.57. The molecule has 0 radical (unpaired) electrons. The highest BCUT2D eigenvalue weighted by molar-refractivity contribution is 6.92. The molecule has 5 aliphatic rings. The Balaban J connectivity index is 0.00000126. The van der Waals surface area contributed by atoms with Gasteiger partial charge in [0.1, 0.15) is 24.2 Å². The molecule has 8 amide bonds. The van der Waals surface area contributed by atoms with Gasteiger partial charge in [0, 0.05) is 70.7 Å². The third-order valence-electron chi connectivity index (χ3n) is 16.7. The van der Waals surface area contributed by atoms with E-state index in [0.717, 1.165) is 49.7 Å². The molecule has 21 nitrogen and oxygen atoms in total. The van der Waals surface area contributed by atoms with E-state index in [2.05, 4.69) is 78.6 Å². The van der Waals surface area contributed by atoms with E-state index in [9.17, 15) is 38.4 Å². The van der Waals surface area contributed by atoms with Gasteiger partial charge in [0.05, 0.1) is 24.2 Å². The van der Waals surface area contributed by atoms with Crippen LogP contribution in [0.15, 0.2) is 48.5 Å². The number of fused-ring (bicyclic) bond motifs is 2. The van der Waals surface area contributed by atoms with Gasteiger partial charge in [-0.05, 0) is 140 Å². The van der Waals surface area contributed by atoms with Crippen LogP contribution < -0.4 is 48.3 Å². The number of carbonyl (C=O) groups is 8. The fourth-order valence-electron chi connectivity index (χ4n) is 11.5. The molecule has 1 unspecified atom stereocenters. The predicted molar refractivity (Wildman–Crippen MR) is 323 cm³/mol. The molecular formula is C60H98N13O8P. The number of benzene rings is 2. The van der Waals surface area contributed by atoms with Crippen LogP contribution in [0.25, 0.3) is 0 Å². The van der Waals surface area contributed by atoms with Crippen LogP contribution in [-0.2, 0) is 51.2 Å². The molecule has 0 saturated carbocycles. The first kappa shape index (κ1) is 67.2. The lowest BCUT2D eigenvalue weighted by atomic mass is 9.85. The van der Waals surface area contributed by atoms with Gasteiger partial charge < -0.3 is 67.9 Å². The number of aryl methyl sites for hydroxylation is 2. The van der Waals surface area contributed by atoms with Crippen molar-refractivity contribution in [1.82, 2.24) is 62.1 Å². The zero-order valence-electron chi connectivity index (χ0n) is 50.4. The van der Waals surface area contributed by atoms with E-state index in [0.29, 0.717) is 6.42 Å². The van der Waals surface area contributed by atoms with E-state index in [4.69, 9.17) is 5.73 Å². The summed E-state index contributed by atoms with van der Waals surface area (Å²) in [6, 6.07) is 9.89. The molecule has 3 fully saturated rings. The Morgan fingerprint density at radius 1 is 0.634 bits per heavy atom. The van der Waals surface area contributed by atoms with Crippen LogP contribution in [0.5, 0.6) is 0 Å². The van der Waals surface area contributed by atoms with Crippen molar-refractivity contribution in [2.24, 2.45) is 11.1 Å². The van der Waals surface area contributed by atoms with Crippen LogP contribution in [0.2, 0.25) is 0 Å². The van der Waals surface area contributed by atoms with Gasteiger partial charge in [0.15, 0.2) is 0 Å². The van der Waals surface area contributed by atoms with Crippen molar-refractivity contribution in [3.63, 3.8) is 0 Å². The van der Waals surface area contributed by atoms with Gasteiger partial charge in [-0.15, -0.1) is 0 Å². The molecule has 0 aromatic heterocycles. The fourth-order valence-corrected chi connectivity index (χ4v) is 11.5. The zero-order valence-corrected chi connectivity index (χ0v) is 51.8. The van der Waals surface area contributed by atoms with Crippen LogP contribution in [0.4, 0.5) is 0 Å². The van der Waals surface area contributed by atoms with E-state index < -0.39 is 65.6 Å². The number of hydrogen-bond acceptors (Lipinski definition) is 13. The topological polar surface area (TPSA) is 272 Å². The van der Waals surface area contributed by atoms with Gasteiger partial charge >= 0.3 is 0 Å². The second-order valence-corrected chi connectivity index (χ2v) is 24.2. The SMILES string of the molecule is CN1CCN(C)CC1.CN[C@@H](C)C(=O)N[C@@H](CCCNC(=O)CCCC(=O)N[C@H]1C[C@@H](C(=O)N[C@@H]2CCCc3ccccc32)N(C(=O)[C@@H](NC(=O)[C@H](C)NC)C(C)(C)C)C1)C(=O)N1C[C@@H](N)C[C@H]1C(=O)N[C@@H]1CCCc2ccccc21.P. The molecule has 3 heterocycles. The van der Waals surface area contributed by atoms with Crippen LogP contribution in [0.1, 0.15) is 140 Å². The summed E-state index contributed by atoms with van der Waals surface area (Å²) in [5.41, 5.74) is 10.2. The highest BCUT2D eigenvalue weighted by Gasteiger charge is 2.46. The molecule has 2 aromatic carbocycles. The summed E-state index contributed by atoms with van der Waals surface area (Å²) >= 11 is 0. The zero-order chi connectivity index (χ0) is 59.0. The van der Waals surface area contributed by atoms with Crippen LogP contribution in [-0.4, -0.2) is 189 Å². The van der Waals surface area contributed by atoms with Crippen molar-refractivity contribution < 1.29 is 38.4 Å². The van der Waals surface area contributed by atoms with Crippen molar-refractivity contribution in [2.45, 2.75) is 179 Å². The lowest BCUT2D eigenvalue weighted by molar-refractivity contribution is -0.144. The van der Waals surface area contributed by atoms with Crippen molar-refractivity contribution >= 4 is 57.2 Å². The number of hydrogen-bond donors (Lipinski definition) is 9. The van der Waals surface area contributed by atoms with E-state index in [1.165, 1.54) is 47.1 Å². The molecule has 2 aromatic rings. The molecule has 3 saturated heterocycles. The third kappa shape index (κ3) is 19.0. The monoisotopic (exact) mass is 1160 g/mol. The quantitative estimate of drug-likeness (QED) is 0.0636. The first-order valence-electron chi connectivity index (χ1n) is 29.6.